The number of aliphatic hydroxyl groups excluding tert-OH is 2. The molecular formula is C11H16NO3+. The second kappa shape index (κ2) is 4.26. The molecule has 0 saturated carbocycles. The van der Waals surface area contributed by atoms with Crippen molar-refractivity contribution >= 4 is 0 Å². The lowest BCUT2D eigenvalue weighted by molar-refractivity contribution is -0.671. The van der Waals surface area contributed by atoms with E-state index in [-0.39, 0.29) is 12.7 Å². The monoisotopic (exact) mass is 210 g/mol. The lowest BCUT2D eigenvalue weighted by atomic mass is 10.1. The minimum atomic E-state index is -0.561. The molecule has 0 radical (unpaired) electrons. The van der Waals surface area contributed by atoms with Gasteiger partial charge in [-0.25, -0.2) is 4.57 Å². The minimum absolute atomic E-state index is 0.0988. The Morgan fingerprint density at radius 3 is 2.67 bits per heavy atom. The first-order chi connectivity index (χ1) is 7.20. The average Bonchev–Trinajstić information content (AvgIpc) is 2.61. The molecule has 1 aromatic heterocycles. The first-order valence-corrected chi connectivity index (χ1v) is 5.10. The Kier molecular flexibility index (Phi) is 3.00. The molecule has 0 aromatic carbocycles. The number of rotatable bonds is 2. The molecule has 1 aromatic rings. The lowest BCUT2D eigenvalue weighted by Gasteiger charge is -2.11. The third kappa shape index (κ3) is 2.17. The molecule has 0 amide bonds. The molecule has 0 bridgehead atoms. The Bertz CT molecular complexity index is 325. The van der Waals surface area contributed by atoms with Gasteiger partial charge in [0.25, 0.3) is 0 Å². The largest absolute Gasteiger partial charge is 0.394 e. The summed E-state index contributed by atoms with van der Waals surface area (Å²) in [7, 11) is 1.95. The molecule has 2 heterocycles. The van der Waals surface area contributed by atoms with Crippen LogP contribution in [0.15, 0.2) is 24.5 Å². The average molecular weight is 210 g/mol. The van der Waals surface area contributed by atoms with Crippen molar-refractivity contribution in [3.63, 3.8) is 0 Å². The Balaban J connectivity index is 2.10. The molecule has 82 valence electrons. The summed E-state index contributed by atoms with van der Waals surface area (Å²) in [5.41, 5.74) is 1.04. The number of aromatic nitrogens is 1. The summed E-state index contributed by atoms with van der Waals surface area (Å²) in [6, 6.07) is 3.94. The van der Waals surface area contributed by atoms with E-state index in [1.54, 1.807) is 0 Å². The Hall–Kier alpha value is -0.970. The van der Waals surface area contributed by atoms with Crippen molar-refractivity contribution in [3.05, 3.63) is 30.1 Å². The highest BCUT2D eigenvalue weighted by Crippen LogP contribution is 2.32. The topological polar surface area (TPSA) is 53.6 Å². The predicted molar refractivity (Wildman–Crippen MR) is 52.9 cm³/mol. The molecule has 2 N–H and O–H groups in total. The van der Waals surface area contributed by atoms with E-state index >= 15 is 0 Å². The molecule has 4 nitrogen and oxygen atoms in total. The Morgan fingerprint density at radius 1 is 1.47 bits per heavy atom. The summed E-state index contributed by atoms with van der Waals surface area (Å²) in [4.78, 5) is 0. The number of ether oxygens (including phenoxy) is 1. The number of aliphatic hydroxyl groups is 2. The van der Waals surface area contributed by atoms with E-state index in [9.17, 15) is 5.11 Å². The maximum absolute atomic E-state index is 9.59. The van der Waals surface area contributed by atoms with Crippen molar-refractivity contribution in [1.82, 2.24) is 0 Å². The van der Waals surface area contributed by atoms with Crippen LogP contribution in [-0.2, 0) is 11.8 Å². The number of pyridine rings is 1. The second-order valence-electron chi connectivity index (χ2n) is 3.95. The molecule has 0 spiro atoms. The predicted octanol–water partition coefficient (Wildman–Crippen LogP) is -0.306. The van der Waals surface area contributed by atoms with Crippen LogP contribution in [0.25, 0.3) is 0 Å². The Labute approximate surface area is 88.7 Å². The SMILES string of the molecule is C[n+]1ccc(C2C[C@H](O)[C@@H](CO)O2)cc1. The summed E-state index contributed by atoms with van der Waals surface area (Å²) < 4.78 is 7.48. The van der Waals surface area contributed by atoms with Crippen LogP contribution in [0.3, 0.4) is 0 Å². The molecule has 1 aliphatic heterocycles. The van der Waals surface area contributed by atoms with E-state index in [0.717, 1.165) is 5.56 Å². The number of hydrogen-bond acceptors (Lipinski definition) is 3. The lowest BCUT2D eigenvalue weighted by Crippen LogP contribution is -2.26. The minimum Gasteiger partial charge on any atom is -0.394 e. The quantitative estimate of drug-likeness (QED) is 0.659. The summed E-state index contributed by atoms with van der Waals surface area (Å²) in [5.74, 6) is 0. The first-order valence-electron chi connectivity index (χ1n) is 5.10. The summed E-state index contributed by atoms with van der Waals surface area (Å²) >= 11 is 0. The number of aryl methyl sites for hydroxylation is 1. The standard InChI is InChI=1S/C11H16NO3/c1-12-4-2-8(3-5-12)10-6-9(14)11(7-13)15-10/h2-5,9-11,13-14H,6-7H2,1H3/q+1/t9-,10?,11+/m0/s1. The van der Waals surface area contributed by atoms with Gasteiger partial charge in [-0.05, 0) is 5.56 Å². The fourth-order valence-electron chi connectivity index (χ4n) is 1.83. The third-order valence-corrected chi connectivity index (χ3v) is 2.78. The summed E-state index contributed by atoms with van der Waals surface area (Å²) in [6.07, 6.45) is 3.34. The van der Waals surface area contributed by atoms with Gasteiger partial charge in [-0.3, -0.25) is 0 Å². The number of nitrogens with zero attached hydrogens (tertiary/aromatic N) is 1. The van der Waals surface area contributed by atoms with Crippen molar-refractivity contribution in [1.29, 1.82) is 0 Å². The third-order valence-electron chi connectivity index (χ3n) is 2.78. The van der Waals surface area contributed by atoms with Crippen molar-refractivity contribution < 1.29 is 19.5 Å². The zero-order chi connectivity index (χ0) is 10.8. The molecule has 3 atom stereocenters. The van der Waals surface area contributed by atoms with Gasteiger partial charge in [0.05, 0.1) is 18.8 Å². The van der Waals surface area contributed by atoms with E-state index in [4.69, 9.17) is 9.84 Å². The smallest absolute Gasteiger partial charge is 0.168 e. The van der Waals surface area contributed by atoms with Crippen molar-refractivity contribution in [2.75, 3.05) is 6.61 Å². The maximum atomic E-state index is 9.59. The van der Waals surface area contributed by atoms with E-state index < -0.39 is 12.2 Å². The first kappa shape index (κ1) is 10.5. The zero-order valence-corrected chi connectivity index (χ0v) is 8.71. The highest BCUT2D eigenvalue weighted by Gasteiger charge is 2.34. The number of hydrogen-bond donors (Lipinski definition) is 2. The highest BCUT2D eigenvalue weighted by molar-refractivity contribution is 5.13. The van der Waals surface area contributed by atoms with Crippen molar-refractivity contribution in [2.45, 2.75) is 24.7 Å². The molecular weight excluding hydrogens is 194 g/mol. The van der Waals surface area contributed by atoms with E-state index in [2.05, 4.69) is 0 Å². The normalized spacial score (nSPS) is 30.7. The van der Waals surface area contributed by atoms with Gasteiger partial charge in [-0.2, -0.15) is 0 Å². The fourth-order valence-corrected chi connectivity index (χ4v) is 1.83. The van der Waals surface area contributed by atoms with Crippen LogP contribution in [0.5, 0.6) is 0 Å². The van der Waals surface area contributed by atoms with Crippen LogP contribution >= 0.6 is 0 Å². The molecule has 4 heteroatoms. The van der Waals surface area contributed by atoms with Crippen LogP contribution in [0.4, 0.5) is 0 Å². The van der Waals surface area contributed by atoms with Gasteiger partial charge in [0.2, 0.25) is 0 Å². The van der Waals surface area contributed by atoms with Crippen LogP contribution in [0.2, 0.25) is 0 Å². The van der Waals surface area contributed by atoms with Crippen LogP contribution in [0.1, 0.15) is 18.1 Å². The molecule has 1 unspecified atom stereocenters. The maximum Gasteiger partial charge on any atom is 0.168 e. The Morgan fingerprint density at radius 2 is 2.13 bits per heavy atom. The fraction of sp³-hybridized carbons (Fsp3) is 0.545. The van der Waals surface area contributed by atoms with Gasteiger partial charge >= 0.3 is 0 Å². The van der Waals surface area contributed by atoms with Crippen LogP contribution in [0, 0.1) is 0 Å². The van der Waals surface area contributed by atoms with Crippen molar-refractivity contribution in [2.24, 2.45) is 7.05 Å². The van der Waals surface area contributed by atoms with Gasteiger partial charge < -0.3 is 14.9 Å². The molecule has 15 heavy (non-hydrogen) atoms. The molecule has 1 saturated heterocycles. The van der Waals surface area contributed by atoms with E-state index in [1.807, 2.05) is 36.1 Å². The van der Waals surface area contributed by atoms with Gasteiger partial charge in [0, 0.05) is 18.6 Å². The highest BCUT2D eigenvalue weighted by atomic mass is 16.5. The molecule has 2 rings (SSSR count). The van der Waals surface area contributed by atoms with Crippen molar-refractivity contribution in [3.8, 4) is 0 Å². The molecule has 1 aliphatic rings. The van der Waals surface area contributed by atoms with E-state index in [0.29, 0.717) is 6.42 Å². The molecule has 1 fully saturated rings. The van der Waals surface area contributed by atoms with Gasteiger partial charge in [0.1, 0.15) is 13.2 Å². The van der Waals surface area contributed by atoms with Crippen LogP contribution < -0.4 is 4.57 Å². The second-order valence-corrected chi connectivity index (χ2v) is 3.95. The summed E-state index contributed by atoms with van der Waals surface area (Å²) in [5, 5.41) is 18.5. The van der Waals surface area contributed by atoms with Gasteiger partial charge in [0.15, 0.2) is 12.4 Å². The van der Waals surface area contributed by atoms with Crippen LogP contribution in [-0.4, -0.2) is 29.0 Å². The zero-order valence-electron chi connectivity index (χ0n) is 8.71. The molecule has 0 aliphatic carbocycles. The van der Waals surface area contributed by atoms with Gasteiger partial charge in [-0.1, -0.05) is 0 Å². The van der Waals surface area contributed by atoms with Gasteiger partial charge in [-0.15, -0.1) is 0 Å². The van der Waals surface area contributed by atoms with E-state index in [1.165, 1.54) is 0 Å². The summed E-state index contributed by atoms with van der Waals surface area (Å²) in [6.45, 7) is -0.127.